The van der Waals surface area contributed by atoms with Crippen molar-refractivity contribution in [2.75, 3.05) is 0 Å². The summed E-state index contributed by atoms with van der Waals surface area (Å²) in [4.78, 5) is 26.8. The fourth-order valence-corrected chi connectivity index (χ4v) is 3.16. The smallest absolute Gasteiger partial charge is 0.413 e. The predicted molar refractivity (Wildman–Crippen MR) is 102 cm³/mol. The average molecular weight is 385 g/mol. The molecule has 148 valence electrons. The summed E-state index contributed by atoms with van der Waals surface area (Å²) in [7, 11) is 0. The number of hydrogen-bond acceptors (Lipinski definition) is 4. The Labute approximate surface area is 164 Å². The molecule has 2 aromatic rings. The summed E-state index contributed by atoms with van der Waals surface area (Å²) in [5, 5.41) is 0. The van der Waals surface area contributed by atoms with Gasteiger partial charge in [0.2, 0.25) is 0 Å². The molecule has 1 fully saturated rings. The largest absolute Gasteiger partial charge is 0.444 e. The predicted octanol–water partition coefficient (Wildman–Crippen LogP) is 4.30. The number of amides is 1. The van der Waals surface area contributed by atoms with Crippen molar-refractivity contribution in [3.8, 4) is 0 Å². The molecule has 5 nitrogen and oxygen atoms in total. The molecule has 0 bridgehead atoms. The van der Waals surface area contributed by atoms with Gasteiger partial charge in [-0.3, -0.25) is 4.90 Å². The third kappa shape index (κ3) is 4.50. The summed E-state index contributed by atoms with van der Waals surface area (Å²) in [6, 6.07) is 14.4. The lowest BCUT2D eigenvalue weighted by Gasteiger charge is -2.33. The van der Waals surface area contributed by atoms with E-state index in [1.54, 1.807) is 12.1 Å². The molecule has 0 N–H and O–H groups in total. The zero-order chi connectivity index (χ0) is 20.3. The minimum absolute atomic E-state index is 0.102. The molecule has 0 saturated carbocycles. The molecule has 28 heavy (non-hydrogen) atoms. The van der Waals surface area contributed by atoms with E-state index in [1.165, 1.54) is 17.0 Å². The lowest BCUT2D eigenvalue weighted by atomic mass is 9.93. The number of ether oxygens (including phenoxy) is 2. The summed E-state index contributed by atoms with van der Waals surface area (Å²) < 4.78 is 24.2. The Morgan fingerprint density at radius 3 is 2.32 bits per heavy atom. The van der Waals surface area contributed by atoms with Crippen molar-refractivity contribution in [3.05, 3.63) is 71.5 Å². The van der Waals surface area contributed by atoms with Crippen LogP contribution >= 0.6 is 0 Å². The molecule has 6 heteroatoms. The topological polar surface area (TPSA) is 55.8 Å². The van der Waals surface area contributed by atoms with E-state index in [0.29, 0.717) is 0 Å². The standard InChI is InChI=1S/C22H24FNO4/c1-22(2,3)20-24(21(26)27-14-16-7-5-4-6-8-16)18(19(25)28-20)13-15-9-11-17(23)12-10-15/h4-12,18,20H,13-14H2,1-3H3/t18-,20+/m1/s1. The van der Waals surface area contributed by atoms with Gasteiger partial charge in [-0.05, 0) is 23.3 Å². The van der Waals surface area contributed by atoms with Gasteiger partial charge in [0.1, 0.15) is 18.5 Å². The third-order valence-electron chi connectivity index (χ3n) is 4.59. The molecule has 0 aromatic heterocycles. The normalized spacial score (nSPS) is 19.4. The Hall–Kier alpha value is -2.89. The van der Waals surface area contributed by atoms with E-state index < -0.39 is 29.7 Å². The second-order valence-electron chi connectivity index (χ2n) is 7.95. The van der Waals surface area contributed by atoms with Gasteiger partial charge in [-0.2, -0.15) is 0 Å². The lowest BCUT2D eigenvalue weighted by molar-refractivity contribution is -0.147. The van der Waals surface area contributed by atoms with Gasteiger partial charge in [-0.1, -0.05) is 63.2 Å². The van der Waals surface area contributed by atoms with Crippen LogP contribution in [0.1, 0.15) is 31.9 Å². The third-order valence-corrected chi connectivity index (χ3v) is 4.59. The average Bonchev–Trinajstić information content (AvgIpc) is 2.99. The Bertz CT molecular complexity index is 830. The van der Waals surface area contributed by atoms with Crippen molar-refractivity contribution in [3.63, 3.8) is 0 Å². The molecule has 0 radical (unpaired) electrons. The zero-order valence-electron chi connectivity index (χ0n) is 16.2. The van der Waals surface area contributed by atoms with Crippen molar-refractivity contribution < 1.29 is 23.5 Å². The number of nitrogens with zero attached hydrogens (tertiary/aromatic N) is 1. The minimum atomic E-state index is -0.821. The van der Waals surface area contributed by atoms with E-state index in [-0.39, 0.29) is 18.8 Å². The van der Waals surface area contributed by atoms with E-state index in [0.717, 1.165) is 11.1 Å². The van der Waals surface area contributed by atoms with Crippen LogP contribution in [0.4, 0.5) is 9.18 Å². The van der Waals surface area contributed by atoms with Crippen molar-refractivity contribution in [2.24, 2.45) is 5.41 Å². The van der Waals surface area contributed by atoms with Crippen molar-refractivity contribution in [1.29, 1.82) is 0 Å². The highest BCUT2D eigenvalue weighted by molar-refractivity contribution is 5.85. The zero-order valence-corrected chi connectivity index (χ0v) is 16.2. The number of halogens is 1. The maximum Gasteiger partial charge on any atom is 0.413 e. The first-order valence-corrected chi connectivity index (χ1v) is 9.19. The molecule has 0 unspecified atom stereocenters. The molecule has 0 aliphatic carbocycles. The van der Waals surface area contributed by atoms with Gasteiger partial charge < -0.3 is 9.47 Å². The Kier molecular flexibility index (Phi) is 5.68. The molecular weight excluding hydrogens is 361 g/mol. The van der Waals surface area contributed by atoms with E-state index in [1.807, 2.05) is 51.1 Å². The number of benzene rings is 2. The van der Waals surface area contributed by atoms with Crippen LogP contribution < -0.4 is 0 Å². The molecule has 1 aliphatic heterocycles. The first kappa shape index (κ1) is 19.9. The van der Waals surface area contributed by atoms with Crippen LogP contribution in [-0.4, -0.2) is 29.2 Å². The Morgan fingerprint density at radius 2 is 1.71 bits per heavy atom. The fraction of sp³-hybridized carbons (Fsp3) is 0.364. The maximum atomic E-state index is 13.2. The number of hydrogen-bond donors (Lipinski definition) is 0. The molecule has 1 heterocycles. The van der Waals surface area contributed by atoms with Gasteiger partial charge in [-0.15, -0.1) is 0 Å². The summed E-state index contributed by atoms with van der Waals surface area (Å²) in [6.45, 7) is 5.78. The molecule has 2 atom stereocenters. The van der Waals surface area contributed by atoms with Gasteiger partial charge in [0.25, 0.3) is 0 Å². The summed E-state index contributed by atoms with van der Waals surface area (Å²) >= 11 is 0. The second kappa shape index (κ2) is 8.00. The second-order valence-corrected chi connectivity index (χ2v) is 7.95. The number of rotatable bonds is 4. The van der Waals surface area contributed by atoms with E-state index in [9.17, 15) is 14.0 Å². The first-order chi connectivity index (χ1) is 13.3. The van der Waals surface area contributed by atoms with E-state index >= 15 is 0 Å². The van der Waals surface area contributed by atoms with Crippen LogP contribution in [0, 0.1) is 11.2 Å². The van der Waals surface area contributed by atoms with Gasteiger partial charge in [0.15, 0.2) is 6.23 Å². The van der Waals surface area contributed by atoms with Crippen LogP contribution in [0.25, 0.3) is 0 Å². The van der Waals surface area contributed by atoms with Crippen molar-refractivity contribution in [1.82, 2.24) is 4.90 Å². The molecule has 2 aromatic carbocycles. The molecule has 0 spiro atoms. The molecular formula is C22H24FNO4. The van der Waals surface area contributed by atoms with Crippen LogP contribution in [0.2, 0.25) is 0 Å². The molecule has 3 rings (SSSR count). The maximum absolute atomic E-state index is 13.2. The van der Waals surface area contributed by atoms with E-state index in [2.05, 4.69) is 0 Å². The van der Waals surface area contributed by atoms with Crippen molar-refractivity contribution in [2.45, 2.75) is 46.1 Å². The molecule has 1 aliphatic rings. The quantitative estimate of drug-likeness (QED) is 0.736. The summed E-state index contributed by atoms with van der Waals surface area (Å²) in [5.74, 6) is -0.842. The van der Waals surface area contributed by atoms with Crippen LogP contribution in [0.5, 0.6) is 0 Å². The Morgan fingerprint density at radius 1 is 1.07 bits per heavy atom. The number of carbonyl (C=O) groups excluding carboxylic acids is 2. The van der Waals surface area contributed by atoms with Crippen LogP contribution in [-0.2, 0) is 27.3 Å². The van der Waals surface area contributed by atoms with Crippen LogP contribution in [0.15, 0.2) is 54.6 Å². The fourth-order valence-electron chi connectivity index (χ4n) is 3.16. The van der Waals surface area contributed by atoms with Crippen LogP contribution in [0.3, 0.4) is 0 Å². The highest BCUT2D eigenvalue weighted by atomic mass is 19.1. The van der Waals surface area contributed by atoms with Gasteiger partial charge in [0, 0.05) is 11.8 Å². The summed E-state index contributed by atoms with van der Waals surface area (Å²) in [5.41, 5.74) is 1.10. The van der Waals surface area contributed by atoms with Gasteiger partial charge >= 0.3 is 12.1 Å². The monoisotopic (exact) mass is 385 g/mol. The SMILES string of the molecule is CC(C)(C)[C@@H]1OC(=O)[C@@H](Cc2ccc(F)cc2)N1C(=O)OCc1ccccc1. The Balaban J connectivity index is 1.80. The van der Waals surface area contributed by atoms with Gasteiger partial charge in [0.05, 0.1) is 0 Å². The highest BCUT2D eigenvalue weighted by Gasteiger charge is 2.50. The number of esters is 1. The molecule has 1 saturated heterocycles. The minimum Gasteiger partial charge on any atom is -0.444 e. The number of cyclic esters (lactones) is 1. The summed E-state index contributed by atoms with van der Waals surface area (Å²) in [6.07, 6.45) is -1.12. The molecule has 1 amide bonds. The first-order valence-electron chi connectivity index (χ1n) is 9.19. The highest BCUT2D eigenvalue weighted by Crippen LogP contribution is 2.34. The number of carbonyl (C=O) groups is 2. The lowest BCUT2D eigenvalue weighted by Crippen LogP contribution is -2.48. The van der Waals surface area contributed by atoms with Crippen molar-refractivity contribution >= 4 is 12.1 Å². The van der Waals surface area contributed by atoms with E-state index in [4.69, 9.17) is 9.47 Å². The van der Waals surface area contributed by atoms with Gasteiger partial charge in [-0.25, -0.2) is 14.0 Å².